The Kier molecular flexibility index (Phi) is 4.70. The molecule has 3 heteroatoms. The Morgan fingerprint density at radius 3 is 2.24 bits per heavy atom. The Hall–Kier alpha value is -0.410. The SMILES string of the molecule is CC1CCC(C(=O)CN2C3CCCCC3N(C)C2C)CC1. The van der Waals surface area contributed by atoms with Crippen molar-refractivity contribution >= 4 is 5.78 Å². The van der Waals surface area contributed by atoms with Gasteiger partial charge in [0.2, 0.25) is 0 Å². The molecule has 0 amide bonds. The smallest absolute Gasteiger partial charge is 0.149 e. The van der Waals surface area contributed by atoms with Gasteiger partial charge in [0.25, 0.3) is 0 Å². The summed E-state index contributed by atoms with van der Waals surface area (Å²) >= 11 is 0. The minimum absolute atomic E-state index is 0.348. The van der Waals surface area contributed by atoms with Gasteiger partial charge in [-0.25, -0.2) is 0 Å². The maximum Gasteiger partial charge on any atom is 0.149 e. The number of ketones is 1. The highest BCUT2D eigenvalue weighted by Crippen LogP contribution is 2.36. The largest absolute Gasteiger partial charge is 0.298 e. The fourth-order valence-corrected chi connectivity index (χ4v) is 4.88. The van der Waals surface area contributed by atoms with E-state index in [1.807, 2.05) is 0 Å². The zero-order valence-corrected chi connectivity index (χ0v) is 14.1. The molecule has 1 heterocycles. The van der Waals surface area contributed by atoms with E-state index < -0.39 is 0 Å². The summed E-state index contributed by atoms with van der Waals surface area (Å²) in [6, 6.07) is 1.32. The lowest BCUT2D eigenvalue weighted by molar-refractivity contribution is -0.126. The van der Waals surface area contributed by atoms with Gasteiger partial charge in [0.05, 0.1) is 12.7 Å². The molecule has 3 rings (SSSR count). The zero-order chi connectivity index (χ0) is 15.0. The highest BCUT2D eigenvalue weighted by molar-refractivity contribution is 5.83. The number of nitrogens with zero attached hydrogens (tertiary/aromatic N) is 2. The van der Waals surface area contributed by atoms with Gasteiger partial charge in [-0.1, -0.05) is 32.6 Å². The lowest BCUT2D eigenvalue weighted by Gasteiger charge is -2.33. The predicted molar refractivity (Wildman–Crippen MR) is 86.1 cm³/mol. The van der Waals surface area contributed by atoms with Gasteiger partial charge in [0, 0.05) is 18.0 Å². The van der Waals surface area contributed by atoms with Crippen LogP contribution in [0.2, 0.25) is 0 Å². The van der Waals surface area contributed by atoms with Crippen molar-refractivity contribution in [3.05, 3.63) is 0 Å². The molecule has 21 heavy (non-hydrogen) atoms. The molecule has 1 saturated heterocycles. The standard InChI is InChI=1S/C18H32N2O/c1-13-8-10-15(11-9-13)18(21)12-20-14(2)19(3)16-6-4-5-7-17(16)20/h13-17H,4-12H2,1-3H3. The molecular formula is C18H32N2O. The van der Waals surface area contributed by atoms with Gasteiger partial charge >= 0.3 is 0 Å². The summed E-state index contributed by atoms with van der Waals surface area (Å²) in [6.07, 6.45) is 10.5. The molecule has 0 aromatic heterocycles. The first-order chi connectivity index (χ1) is 10.1. The van der Waals surface area contributed by atoms with Gasteiger partial charge in [0.15, 0.2) is 0 Å². The molecule has 3 unspecified atom stereocenters. The summed E-state index contributed by atoms with van der Waals surface area (Å²) in [4.78, 5) is 17.8. The van der Waals surface area contributed by atoms with Crippen molar-refractivity contribution in [3.8, 4) is 0 Å². The van der Waals surface area contributed by atoms with Crippen LogP contribution in [-0.2, 0) is 4.79 Å². The van der Waals surface area contributed by atoms with Crippen molar-refractivity contribution in [2.45, 2.75) is 83.5 Å². The summed E-state index contributed by atoms with van der Waals surface area (Å²) in [5.74, 6) is 1.70. The highest BCUT2D eigenvalue weighted by Gasteiger charge is 2.44. The number of carbonyl (C=O) groups excluding carboxylic acids is 1. The van der Waals surface area contributed by atoms with Gasteiger partial charge in [-0.15, -0.1) is 0 Å². The molecule has 0 spiro atoms. The van der Waals surface area contributed by atoms with Crippen molar-refractivity contribution in [3.63, 3.8) is 0 Å². The number of hydrogen-bond donors (Lipinski definition) is 0. The Labute approximate surface area is 130 Å². The maximum atomic E-state index is 12.7. The van der Waals surface area contributed by atoms with E-state index in [1.54, 1.807) is 0 Å². The fraction of sp³-hybridized carbons (Fsp3) is 0.944. The Bertz CT molecular complexity index is 375. The summed E-state index contributed by atoms with van der Waals surface area (Å²) in [6.45, 7) is 5.31. The lowest BCUT2D eigenvalue weighted by Crippen LogP contribution is -2.44. The lowest BCUT2D eigenvalue weighted by atomic mass is 9.80. The highest BCUT2D eigenvalue weighted by atomic mass is 16.1. The molecule has 2 aliphatic carbocycles. The minimum atomic E-state index is 0.348. The molecule has 0 N–H and O–H groups in total. The van der Waals surface area contributed by atoms with E-state index in [4.69, 9.17) is 0 Å². The third kappa shape index (κ3) is 3.05. The first kappa shape index (κ1) is 15.5. The second kappa shape index (κ2) is 6.37. The average molecular weight is 292 g/mol. The van der Waals surface area contributed by atoms with Crippen molar-refractivity contribution in [1.29, 1.82) is 0 Å². The van der Waals surface area contributed by atoms with Crippen LogP contribution in [0.25, 0.3) is 0 Å². The quantitative estimate of drug-likeness (QED) is 0.797. The van der Waals surface area contributed by atoms with Gasteiger partial charge in [0.1, 0.15) is 5.78 Å². The van der Waals surface area contributed by atoms with Crippen LogP contribution in [0.5, 0.6) is 0 Å². The van der Waals surface area contributed by atoms with Crippen LogP contribution < -0.4 is 0 Å². The van der Waals surface area contributed by atoms with E-state index in [0.29, 0.717) is 36.5 Å². The number of likely N-dealkylation sites (N-methyl/N-ethyl adjacent to an activating group) is 1. The molecule has 0 radical (unpaired) electrons. The summed E-state index contributed by atoms with van der Waals surface area (Å²) in [7, 11) is 2.25. The van der Waals surface area contributed by atoms with E-state index in [0.717, 1.165) is 18.8 Å². The van der Waals surface area contributed by atoms with Gasteiger partial charge in [-0.3, -0.25) is 14.6 Å². The molecule has 0 bridgehead atoms. The summed E-state index contributed by atoms with van der Waals surface area (Å²) in [5.41, 5.74) is 0. The Morgan fingerprint density at radius 2 is 1.57 bits per heavy atom. The minimum Gasteiger partial charge on any atom is -0.298 e. The van der Waals surface area contributed by atoms with Crippen LogP contribution in [0.4, 0.5) is 0 Å². The number of rotatable bonds is 3. The van der Waals surface area contributed by atoms with E-state index >= 15 is 0 Å². The van der Waals surface area contributed by atoms with Crippen LogP contribution in [0, 0.1) is 11.8 Å². The Morgan fingerprint density at radius 1 is 0.952 bits per heavy atom. The molecule has 3 aliphatic rings. The third-order valence-corrected chi connectivity index (χ3v) is 6.52. The average Bonchev–Trinajstić information content (AvgIpc) is 2.73. The first-order valence-corrected chi connectivity index (χ1v) is 9.08. The van der Waals surface area contributed by atoms with Crippen LogP contribution >= 0.6 is 0 Å². The van der Waals surface area contributed by atoms with E-state index in [1.165, 1.54) is 38.5 Å². The number of carbonyl (C=O) groups is 1. The van der Waals surface area contributed by atoms with Crippen molar-refractivity contribution in [2.24, 2.45) is 11.8 Å². The first-order valence-electron chi connectivity index (χ1n) is 9.08. The van der Waals surface area contributed by atoms with Crippen molar-refractivity contribution < 1.29 is 4.79 Å². The van der Waals surface area contributed by atoms with Crippen LogP contribution in [0.1, 0.15) is 65.2 Å². The van der Waals surface area contributed by atoms with Crippen molar-refractivity contribution in [2.75, 3.05) is 13.6 Å². The van der Waals surface area contributed by atoms with E-state index in [2.05, 4.69) is 30.7 Å². The van der Waals surface area contributed by atoms with Crippen LogP contribution in [0.15, 0.2) is 0 Å². The monoisotopic (exact) mass is 292 g/mol. The number of Topliss-reactive ketones (excluding diaryl/α,β-unsaturated/α-hetero) is 1. The fourth-order valence-electron chi connectivity index (χ4n) is 4.88. The molecular weight excluding hydrogens is 260 g/mol. The van der Waals surface area contributed by atoms with Crippen LogP contribution in [-0.4, -0.2) is 47.4 Å². The molecule has 3 atom stereocenters. The van der Waals surface area contributed by atoms with Gasteiger partial charge in [-0.2, -0.15) is 0 Å². The summed E-state index contributed by atoms with van der Waals surface area (Å²) in [5, 5.41) is 0. The second-order valence-corrected chi connectivity index (χ2v) is 7.81. The van der Waals surface area contributed by atoms with E-state index in [-0.39, 0.29) is 0 Å². The maximum absolute atomic E-state index is 12.7. The number of hydrogen-bond acceptors (Lipinski definition) is 3. The van der Waals surface area contributed by atoms with E-state index in [9.17, 15) is 4.79 Å². The second-order valence-electron chi connectivity index (χ2n) is 7.81. The zero-order valence-electron chi connectivity index (χ0n) is 14.1. The summed E-state index contributed by atoms with van der Waals surface area (Å²) < 4.78 is 0. The number of fused-ring (bicyclic) bond motifs is 1. The van der Waals surface area contributed by atoms with Gasteiger partial charge < -0.3 is 0 Å². The Balaban J connectivity index is 1.62. The molecule has 0 aromatic rings. The molecule has 3 nitrogen and oxygen atoms in total. The molecule has 1 aliphatic heterocycles. The molecule has 0 aromatic carbocycles. The molecule has 120 valence electrons. The predicted octanol–water partition coefficient (Wildman–Crippen LogP) is 3.29. The van der Waals surface area contributed by atoms with Crippen molar-refractivity contribution in [1.82, 2.24) is 9.80 Å². The third-order valence-electron chi connectivity index (χ3n) is 6.52. The molecule has 3 fully saturated rings. The normalized spacial score (nSPS) is 42.0. The van der Waals surface area contributed by atoms with Gasteiger partial charge in [-0.05, 0) is 45.6 Å². The molecule has 2 saturated carbocycles. The van der Waals surface area contributed by atoms with Crippen LogP contribution in [0.3, 0.4) is 0 Å². The topological polar surface area (TPSA) is 23.6 Å².